The van der Waals surface area contributed by atoms with Crippen LogP contribution in [0.4, 0.5) is 35.7 Å². The topological polar surface area (TPSA) is 818 Å². The summed E-state index contributed by atoms with van der Waals surface area (Å²) in [6, 6.07) is -2.86. The molecule has 22 N–H and O–H groups in total. The predicted octanol–water partition coefficient (Wildman–Crippen LogP) is 6.76. The van der Waals surface area contributed by atoms with Crippen molar-refractivity contribution in [1.29, 1.82) is 0 Å². The van der Waals surface area contributed by atoms with Crippen LogP contribution in [0.3, 0.4) is 0 Å². The number of carbonyl (C=O) groups is 4. The third kappa shape index (κ3) is 26.1. The number of nitrogens with two attached hydrogens (primary N) is 6. The molecule has 143 heavy (non-hydrogen) atoms. The molecule has 0 saturated heterocycles. The maximum Gasteiger partial charge on any atom is 0.280 e. The monoisotopic (exact) mass is 2370 g/mol. The third-order valence-corrected chi connectivity index (χ3v) is 27.0. The van der Waals surface area contributed by atoms with Gasteiger partial charge in [-0.1, -0.05) is 19.2 Å². The molecule has 768 valence electrons. The Bertz CT molecular complexity index is 7240. The summed E-state index contributed by atoms with van der Waals surface area (Å²) in [7, 11) is -12.1. The number of nitrogen functional groups attached to an aromatic ring is 6. The minimum absolute atomic E-state index is 0.00281. The van der Waals surface area contributed by atoms with Gasteiger partial charge in [0.1, 0.15) is 90.0 Å². The number of rotatable bonds is 22. The van der Waals surface area contributed by atoms with E-state index in [4.69, 9.17) is 63.6 Å². The molecule has 54 nitrogen and oxygen atoms in total. The van der Waals surface area contributed by atoms with E-state index < -0.39 is 107 Å². The molecule has 12 aromatic rings. The Hall–Kier alpha value is -12.3. The van der Waals surface area contributed by atoms with Crippen molar-refractivity contribution in [3.63, 3.8) is 0 Å². The van der Waals surface area contributed by atoms with E-state index in [0.29, 0.717) is 60.6 Å². The Morgan fingerprint density at radius 2 is 0.720 bits per heavy atom. The number of aromatic nitrogens is 24. The van der Waals surface area contributed by atoms with Gasteiger partial charge in [-0.2, -0.15) is 29.9 Å². The van der Waals surface area contributed by atoms with Gasteiger partial charge in [-0.05, 0) is 139 Å². The minimum atomic E-state index is -2.62. The largest absolute Gasteiger partial charge is 0.508 e. The number of carbonyl (C=O) groups excluding carboxylic acids is 4. The highest BCUT2D eigenvalue weighted by Crippen LogP contribution is 2.48. The summed E-state index contributed by atoms with van der Waals surface area (Å²) in [5, 5.41) is 37.4. The van der Waals surface area contributed by atoms with Crippen LogP contribution in [0.2, 0.25) is 0 Å². The maximum absolute atomic E-state index is 12.7. The van der Waals surface area contributed by atoms with Crippen molar-refractivity contribution in [2.75, 3.05) is 139 Å². The molecule has 18 rings (SSSR count). The summed E-state index contributed by atoms with van der Waals surface area (Å²) in [6.45, 7) is 27.9. The molecule has 0 radical (unpaired) electrons. The number of hydrogen-bond donors (Lipinski definition) is 16. The van der Waals surface area contributed by atoms with Gasteiger partial charge in [0.2, 0.25) is 54.6 Å². The Balaban J connectivity index is 0.000000161. The molecule has 0 amide bonds. The first-order valence-corrected chi connectivity index (χ1v) is 62.0. The van der Waals surface area contributed by atoms with Crippen LogP contribution < -0.4 is 67.8 Å². The number of H-pyrrole nitrogens is 6. The maximum atomic E-state index is 12.7. The number of halogens is 3. The number of anilines is 6. The first kappa shape index (κ1) is 111. The quantitative estimate of drug-likeness (QED) is 0.0246. The molecule has 9 atom stereocenters. The first-order valence-electron chi connectivity index (χ1n) is 42.7. The van der Waals surface area contributed by atoms with E-state index in [2.05, 4.69) is 120 Å². The minimum Gasteiger partial charge on any atom is -0.508 e. The molecule has 12 heterocycles. The number of imidazole rings is 6. The molecule has 1 saturated carbocycles. The second-order valence-corrected chi connectivity index (χ2v) is 52.6. The van der Waals surface area contributed by atoms with Crippen molar-refractivity contribution in [3.8, 4) is 0 Å². The molecular formula is C81H104BrI2N30O24P5. The summed E-state index contributed by atoms with van der Waals surface area (Å²) < 4.78 is 95.1. The molecule has 0 spiro atoms. The Kier molecular flexibility index (Phi) is 35.2. The molecule has 6 aliphatic rings. The zero-order valence-corrected chi connectivity index (χ0v) is 89.1. The standard InChI is InChI=1S/C15H20N5O3P.2C14H18N5O4P.C13H15IN5O4P.C11H13N5O4.C10H9N5O2.C4H11O3P.BrI/c1-8-5-10(9(2)12(8)23-7-24(3,4)22)20-6-17-11-13(20)18-15(16)19-14(11)21;1-7-8(4-9(20)11(7)23-6-24(2,3)22)19-5-16-10-12(19)17-14(15)18-13(10)21;1-7-4-8(10(20)11(7)23-6-24(2,3)22)19-5-16-9-12(19)17-14(15)18-13(9)21;1-24(2,22)5-23-10-6(14)3-7(9(10)20)19-4-16-8-11(19)17-13(15)18-12(8)21;12-11-14-9-7(10(20)15-11)13-3-16(9)5-1-6(18)4(2-17)8(5)19;11-10-13-8-7(9(17)14-10)12-4-15(8)5-2-1-3-6(5)16;1-3-7-8(2,6)4-5;1-2/h6,10H,2,5,7H2,1,3-4H3,(H3,16,18,19,21);5,8,20H,1,4,6H2,2-3H3,(H3,15,17,18,21);5,8H,4,6H2,1-3H3,(H3,15,17,18,21);4,7H,3,5H2,1-2H3,(H3,15,17,18,21);3-6,17-18H,1-2H2,(H3,12,14,15,20);1,3-5H,2H2,(H3,11,13,14,17);5H,3-4H2,1-2H3;/t10-;2*8-;7-;4-,5+,6+;5-;;/m000010../s1. The van der Waals surface area contributed by atoms with Gasteiger partial charge in [0.25, 0.3) is 33.4 Å². The van der Waals surface area contributed by atoms with Crippen LogP contribution in [0.1, 0.15) is 95.5 Å². The highest BCUT2D eigenvalue weighted by Gasteiger charge is 2.44. The van der Waals surface area contributed by atoms with Crippen LogP contribution in [0, 0.1) is 5.92 Å². The fraction of sp³-hybridized carbons (Fsp3) is 0.407. The molecular weight excluding hydrogens is 2270 g/mol. The fourth-order valence-corrected chi connectivity index (χ4v) is 18.5. The number of fused-ring (bicyclic) bond motifs is 6. The summed E-state index contributed by atoms with van der Waals surface area (Å²) in [6.07, 6.45) is 13.2. The average molecular weight is 2370 g/mol. The Labute approximate surface area is 841 Å². The molecule has 12 aromatic heterocycles. The Morgan fingerprint density at radius 1 is 0.434 bits per heavy atom. The van der Waals surface area contributed by atoms with Crippen LogP contribution in [-0.4, -0.2) is 272 Å². The highest BCUT2D eigenvalue weighted by atomic mass is 127. The molecule has 0 aliphatic heterocycles. The van der Waals surface area contributed by atoms with E-state index in [1.165, 1.54) is 58.1 Å². The van der Waals surface area contributed by atoms with Crippen molar-refractivity contribution < 1.29 is 85.9 Å². The zero-order valence-electron chi connectivity index (χ0n) is 78.7. The summed E-state index contributed by atoms with van der Waals surface area (Å²) in [4.78, 5) is 183. The van der Waals surface area contributed by atoms with Gasteiger partial charge in [0.05, 0.1) is 81.3 Å². The molecule has 0 bridgehead atoms. The van der Waals surface area contributed by atoms with Gasteiger partial charge >= 0.3 is 0 Å². The number of nitrogens with zero attached hydrogens (tertiary/aromatic N) is 18. The summed E-state index contributed by atoms with van der Waals surface area (Å²) in [5.74, 6) is -0.443. The normalized spacial score (nSPS) is 19.5. The number of aliphatic hydroxyl groups excluding tert-OH is 4. The smallest absolute Gasteiger partial charge is 0.280 e. The van der Waals surface area contributed by atoms with Gasteiger partial charge in [-0.15, -0.1) is 0 Å². The molecule has 1 unspecified atom stereocenters. The molecule has 6 aliphatic carbocycles. The summed E-state index contributed by atoms with van der Waals surface area (Å²) in [5.41, 5.74) is 36.4. The van der Waals surface area contributed by atoms with Crippen LogP contribution in [0.15, 0.2) is 147 Å². The lowest BCUT2D eigenvalue weighted by Gasteiger charge is -2.17. The average Bonchev–Trinajstić information content (AvgIpc) is 1.40. The first-order chi connectivity index (χ1) is 67.0. The number of nitrogens with one attached hydrogen (secondary N) is 6. The third-order valence-electron chi connectivity index (χ3n) is 21.7. The summed E-state index contributed by atoms with van der Waals surface area (Å²) >= 11 is 6.91. The lowest BCUT2D eigenvalue weighted by atomic mass is 10.1. The molecule has 0 aromatic carbocycles. The Morgan fingerprint density at radius 3 is 1.03 bits per heavy atom. The van der Waals surface area contributed by atoms with Gasteiger partial charge in [-0.25, -0.2) is 29.9 Å². The van der Waals surface area contributed by atoms with Crippen molar-refractivity contribution >= 4 is 217 Å². The van der Waals surface area contributed by atoms with Crippen molar-refractivity contribution in [1.82, 2.24) is 117 Å². The zero-order chi connectivity index (χ0) is 106. The number of allylic oxidation sites excluding steroid dienone is 10. The number of ether oxygens (including phenoxy) is 4. The van der Waals surface area contributed by atoms with Crippen molar-refractivity contribution in [3.05, 3.63) is 180 Å². The van der Waals surface area contributed by atoms with E-state index in [-0.39, 0.29) is 194 Å². The van der Waals surface area contributed by atoms with Gasteiger partial charge in [-0.3, -0.25) is 82.4 Å². The number of ketones is 4. The molecule has 1 fully saturated rings. The predicted molar refractivity (Wildman–Crippen MR) is 554 cm³/mol. The van der Waals surface area contributed by atoms with Crippen LogP contribution >= 0.6 is 91.6 Å². The van der Waals surface area contributed by atoms with E-state index in [9.17, 15) is 81.0 Å². The van der Waals surface area contributed by atoms with Crippen molar-refractivity contribution in [2.45, 2.75) is 102 Å². The second-order valence-electron chi connectivity index (χ2n) is 35.1. The van der Waals surface area contributed by atoms with Gasteiger partial charge in [0, 0.05) is 67.4 Å². The van der Waals surface area contributed by atoms with E-state index in [1.807, 2.05) is 49.9 Å². The van der Waals surface area contributed by atoms with E-state index in [1.54, 1.807) is 93.3 Å². The van der Waals surface area contributed by atoms with Gasteiger partial charge < -0.3 is 124 Å². The fourth-order valence-electron chi connectivity index (χ4n) is 15.3. The number of aromatic amines is 6. The van der Waals surface area contributed by atoms with Crippen LogP contribution in [0.5, 0.6) is 0 Å². The number of hydrogen-bond acceptors (Lipinski definition) is 42. The lowest BCUT2D eigenvalue weighted by molar-refractivity contribution is -0.125. The van der Waals surface area contributed by atoms with Crippen molar-refractivity contribution in [2.24, 2.45) is 5.92 Å². The van der Waals surface area contributed by atoms with Crippen LogP contribution in [0.25, 0.3) is 67.0 Å². The molecule has 62 heteroatoms. The van der Waals surface area contributed by atoms with E-state index >= 15 is 0 Å². The number of aliphatic hydroxyl groups is 4. The van der Waals surface area contributed by atoms with Crippen LogP contribution in [-0.2, 0) is 65.5 Å². The lowest BCUT2D eigenvalue weighted by Crippen LogP contribution is -2.24. The highest BCUT2D eigenvalue weighted by molar-refractivity contribution is 14.2. The second kappa shape index (κ2) is 45.3. The number of Topliss-reactive ketones (excluding diaryl/α,β-unsaturated/α-hetero) is 3. The van der Waals surface area contributed by atoms with Gasteiger partial charge in [0.15, 0.2) is 95.8 Å². The van der Waals surface area contributed by atoms with E-state index in [0.717, 1.165) is 20.3 Å². The SMILES string of the molecule is BrI.C=C1C(OCP(C)(C)=O)=C(C)C[C@@H]1n1cnc2c(=O)[nH]c(N)nc21.C=C1C(OCP(C)(C)=O)=C(O)C[C@@H]1n1cnc2c(=O)[nH]c(N)nc21.CC1=C(OCP(C)(C)=O)C(=O)[C@@H](n2cnc3c(=O)[nH]c(N)nc32)C1.CCOP(C)(=O)CO.CP(C)(=O)COC1=C(I)C[C@H](n2cnc3c(=O)[nH]c(N)nc32)C1=O.Nc1nc2c(ncn2[C@H]2CC=CC2=O)c(=O)[nH]1.Nc1nc2c(ncn2[C@H]2C[C@H](O)[C@@H](CO)C2=O)c(=O)[nH]1.